The average Bonchev–Trinajstić information content (AvgIpc) is 2.67. The molecule has 1 N–H and O–H groups in total. The first-order chi connectivity index (χ1) is 8.50. The lowest BCUT2D eigenvalue weighted by Gasteiger charge is -2.28. The molecule has 1 rings (SSSR count). The molecule has 0 spiro atoms. The van der Waals surface area contributed by atoms with Gasteiger partial charge in [0.15, 0.2) is 9.84 Å². The van der Waals surface area contributed by atoms with Gasteiger partial charge in [-0.2, -0.15) is 0 Å². The van der Waals surface area contributed by atoms with Gasteiger partial charge in [-0.15, -0.1) is 0 Å². The van der Waals surface area contributed by atoms with Crippen molar-refractivity contribution >= 4 is 15.7 Å². The van der Waals surface area contributed by atoms with Crippen LogP contribution < -0.4 is 5.32 Å². The molecule has 1 amide bonds. The Bertz CT molecular complexity index is 368. The summed E-state index contributed by atoms with van der Waals surface area (Å²) in [4.78, 5) is 13.9. The third-order valence-corrected chi connectivity index (χ3v) is 5.06. The molecule has 1 aliphatic rings. The van der Waals surface area contributed by atoms with Gasteiger partial charge in [0.1, 0.15) is 0 Å². The Kier molecular flexibility index (Phi) is 6.08. The molecule has 0 aromatic heterocycles. The van der Waals surface area contributed by atoms with Crippen LogP contribution in [0.3, 0.4) is 0 Å². The van der Waals surface area contributed by atoms with Crippen molar-refractivity contribution in [2.24, 2.45) is 0 Å². The molecular weight excluding hydrogens is 252 g/mol. The Morgan fingerprint density at radius 1 is 1.44 bits per heavy atom. The first kappa shape index (κ1) is 15.4. The fourth-order valence-electron chi connectivity index (χ4n) is 2.24. The SMILES string of the molecule is CCCCN(C(=O)CCNC)C1CCS(=O)(=O)C1. The lowest BCUT2D eigenvalue weighted by molar-refractivity contribution is -0.133. The van der Waals surface area contributed by atoms with E-state index in [1.165, 1.54) is 0 Å². The second-order valence-electron chi connectivity index (χ2n) is 4.85. The average molecular weight is 276 g/mol. The molecule has 1 unspecified atom stereocenters. The van der Waals surface area contributed by atoms with Crippen LogP contribution in [0.1, 0.15) is 32.6 Å². The Labute approximate surface area is 110 Å². The molecule has 0 saturated carbocycles. The first-order valence-electron chi connectivity index (χ1n) is 6.64. The van der Waals surface area contributed by atoms with Crippen LogP contribution in [0.25, 0.3) is 0 Å². The minimum Gasteiger partial charge on any atom is -0.339 e. The number of hydrogen-bond acceptors (Lipinski definition) is 4. The number of nitrogens with one attached hydrogen (secondary N) is 1. The number of hydrogen-bond donors (Lipinski definition) is 1. The van der Waals surface area contributed by atoms with Crippen LogP contribution in [0.5, 0.6) is 0 Å². The van der Waals surface area contributed by atoms with Gasteiger partial charge in [-0.25, -0.2) is 8.42 Å². The Morgan fingerprint density at radius 2 is 2.17 bits per heavy atom. The molecule has 106 valence electrons. The molecule has 0 radical (unpaired) electrons. The van der Waals surface area contributed by atoms with Gasteiger partial charge in [0.2, 0.25) is 5.91 Å². The summed E-state index contributed by atoms with van der Waals surface area (Å²) in [6.07, 6.45) is 2.98. The van der Waals surface area contributed by atoms with E-state index in [1.807, 2.05) is 7.05 Å². The van der Waals surface area contributed by atoms with Crippen molar-refractivity contribution in [1.82, 2.24) is 10.2 Å². The van der Waals surface area contributed by atoms with E-state index in [1.54, 1.807) is 4.90 Å². The second kappa shape index (κ2) is 7.09. The molecule has 0 aromatic rings. The number of amides is 1. The lowest BCUT2D eigenvalue weighted by Crippen LogP contribution is -2.42. The summed E-state index contributed by atoms with van der Waals surface area (Å²) in [6, 6.07) is -0.106. The molecule has 1 aliphatic heterocycles. The van der Waals surface area contributed by atoms with Gasteiger partial charge >= 0.3 is 0 Å². The molecule has 0 bridgehead atoms. The number of nitrogens with zero attached hydrogens (tertiary/aromatic N) is 1. The van der Waals surface area contributed by atoms with Crippen LogP contribution >= 0.6 is 0 Å². The van der Waals surface area contributed by atoms with Crippen molar-refractivity contribution in [3.05, 3.63) is 0 Å². The summed E-state index contributed by atoms with van der Waals surface area (Å²) in [5.41, 5.74) is 0. The monoisotopic (exact) mass is 276 g/mol. The van der Waals surface area contributed by atoms with Crippen LogP contribution in [0.15, 0.2) is 0 Å². The largest absolute Gasteiger partial charge is 0.339 e. The van der Waals surface area contributed by atoms with Crippen LogP contribution in [-0.4, -0.2) is 56.9 Å². The standard InChI is InChI=1S/C12H24N2O3S/c1-3-4-8-14(12(15)5-7-13-2)11-6-9-18(16,17)10-11/h11,13H,3-10H2,1-2H3. The van der Waals surface area contributed by atoms with E-state index in [0.29, 0.717) is 25.9 Å². The van der Waals surface area contributed by atoms with E-state index in [9.17, 15) is 13.2 Å². The Morgan fingerprint density at radius 3 is 2.67 bits per heavy atom. The number of carbonyl (C=O) groups excluding carboxylic acids is 1. The van der Waals surface area contributed by atoms with E-state index in [-0.39, 0.29) is 23.5 Å². The minimum absolute atomic E-state index is 0.0694. The maximum absolute atomic E-state index is 12.1. The summed E-state index contributed by atoms with van der Waals surface area (Å²) >= 11 is 0. The smallest absolute Gasteiger partial charge is 0.224 e. The summed E-state index contributed by atoms with van der Waals surface area (Å²) in [5.74, 6) is 0.432. The topological polar surface area (TPSA) is 66.5 Å². The summed E-state index contributed by atoms with van der Waals surface area (Å²) in [7, 11) is -1.12. The predicted molar refractivity (Wildman–Crippen MR) is 72.2 cm³/mol. The van der Waals surface area contributed by atoms with Gasteiger partial charge in [-0.05, 0) is 19.9 Å². The zero-order valence-electron chi connectivity index (χ0n) is 11.3. The van der Waals surface area contributed by atoms with Crippen molar-refractivity contribution in [2.75, 3.05) is 31.6 Å². The quantitative estimate of drug-likeness (QED) is 0.731. The molecule has 1 fully saturated rings. The van der Waals surface area contributed by atoms with Crippen molar-refractivity contribution < 1.29 is 13.2 Å². The highest BCUT2D eigenvalue weighted by molar-refractivity contribution is 7.91. The van der Waals surface area contributed by atoms with Crippen molar-refractivity contribution in [1.29, 1.82) is 0 Å². The van der Waals surface area contributed by atoms with Crippen LogP contribution in [0.2, 0.25) is 0 Å². The van der Waals surface area contributed by atoms with E-state index >= 15 is 0 Å². The maximum atomic E-state index is 12.1. The van der Waals surface area contributed by atoms with E-state index in [4.69, 9.17) is 0 Å². The number of rotatable bonds is 7. The third-order valence-electron chi connectivity index (χ3n) is 3.31. The molecule has 18 heavy (non-hydrogen) atoms. The molecule has 1 atom stereocenters. The van der Waals surface area contributed by atoms with Gasteiger partial charge < -0.3 is 10.2 Å². The first-order valence-corrected chi connectivity index (χ1v) is 8.46. The summed E-state index contributed by atoms with van der Waals surface area (Å²) < 4.78 is 23.0. The molecule has 6 heteroatoms. The second-order valence-corrected chi connectivity index (χ2v) is 7.08. The number of carbonyl (C=O) groups is 1. The minimum atomic E-state index is -2.93. The van der Waals surface area contributed by atoms with Gasteiger partial charge in [0, 0.05) is 25.6 Å². The molecular formula is C12H24N2O3S. The van der Waals surface area contributed by atoms with Gasteiger partial charge in [0.25, 0.3) is 0 Å². The highest BCUT2D eigenvalue weighted by Gasteiger charge is 2.33. The van der Waals surface area contributed by atoms with E-state index in [2.05, 4.69) is 12.2 Å². The van der Waals surface area contributed by atoms with Gasteiger partial charge in [-0.1, -0.05) is 13.3 Å². The predicted octanol–water partition coefficient (Wildman–Crippen LogP) is 0.412. The molecule has 5 nitrogen and oxygen atoms in total. The number of unbranched alkanes of at least 4 members (excludes halogenated alkanes) is 1. The van der Waals surface area contributed by atoms with E-state index in [0.717, 1.165) is 12.8 Å². The van der Waals surface area contributed by atoms with Crippen molar-refractivity contribution in [3.8, 4) is 0 Å². The van der Waals surface area contributed by atoms with Crippen molar-refractivity contribution in [3.63, 3.8) is 0 Å². The van der Waals surface area contributed by atoms with Crippen LogP contribution in [-0.2, 0) is 14.6 Å². The number of sulfone groups is 1. The fraction of sp³-hybridized carbons (Fsp3) is 0.917. The molecule has 0 aromatic carbocycles. The lowest BCUT2D eigenvalue weighted by atomic mass is 10.2. The van der Waals surface area contributed by atoms with Gasteiger partial charge in [0.05, 0.1) is 11.5 Å². The third kappa shape index (κ3) is 4.57. The molecule has 0 aliphatic carbocycles. The normalized spacial score (nSPS) is 22.0. The highest BCUT2D eigenvalue weighted by Crippen LogP contribution is 2.19. The summed E-state index contributed by atoms with van der Waals surface area (Å²) in [6.45, 7) is 3.39. The van der Waals surface area contributed by atoms with Crippen LogP contribution in [0, 0.1) is 0 Å². The maximum Gasteiger partial charge on any atom is 0.224 e. The van der Waals surface area contributed by atoms with Crippen LogP contribution in [0.4, 0.5) is 0 Å². The molecule has 1 saturated heterocycles. The van der Waals surface area contributed by atoms with Gasteiger partial charge in [-0.3, -0.25) is 4.79 Å². The van der Waals surface area contributed by atoms with E-state index < -0.39 is 9.84 Å². The Hall–Kier alpha value is -0.620. The Balaban J connectivity index is 2.63. The zero-order chi connectivity index (χ0) is 13.6. The molecule has 1 heterocycles. The zero-order valence-corrected chi connectivity index (χ0v) is 12.1. The van der Waals surface area contributed by atoms with Crippen molar-refractivity contribution in [2.45, 2.75) is 38.6 Å². The fourth-order valence-corrected chi connectivity index (χ4v) is 3.97. The highest BCUT2D eigenvalue weighted by atomic mass is 32.2. The summed E-state index contributed by atoms with van der Waals surface area (Å²) in [5, 5.41) is 2.95.